The minimum absolute atomic E-state index is 0.00102. The zero-order chi connectivity index (χ0) is 15.0. The van der Waals surface area contributed by atoms with Crippen LogP contribution in [0.5, 0.6) is 0 Å². The molecule has 0 unspecified atom stereocenters. The van der Waals surface area contributed by atoms with Crippen molar-refractivity contribution in [2.45, 2.75) is 24.2 Å². The first-order valence-corrected chi connectivity index (χ1v) is 7.56. The first kappa shape index (κ1) is 16.0. The number of hydrogen-bond donors (Lipinski definition) is 3. The Bertz CT molecular complexity index is 566. The molecule has 1 aromatic carbocycles. The van der Waals surface area contributed by atoms with E-state index < -0.39 is 15.9 Å². The Labute approximate surface area is 118 Å². The summed E-state index contributed by atoms with van der Waals surface area (Å²) in [5, 5.41) is 0. The van der Waals surface area contributed by atoms with E-state index in [9.17, 15) is 13.2 Å². The molecule has 0 fully saturated rings. The average molecular weight is 298 g/mol. The molecule has 0 aliphatic heterocycles. The summed E-state index contributed by atoms with van der Waals surface area (Å²) in [5.41, 5.74) is 10.3. The van der Waals surface area contributed by atoms with E-state index in [1.54, 1.807) is 18.2 Å². The highest BCUT2D eigenvalue weighted by Gasteiger charge is 2.16. The van der Waals surface area contributed by atoms with E-state index in [0.29, 0.717) is 19.4 Å². The molecule has 5 N–H and O–H groups in total. The number of nitrogens with two attached hydrogens (primary N) is 2. The molecule has 0 saturated carbocycles. The molecule has 0 aromatic heterocycles. The van der Waals surface area contributed by atoms with Gasteiger partial charge < -0.3 is 11.5 Å². The lowest BCUT2D eigenvalue weighted by Gasteiger charge is -2.06. The summed E-state index contributed by atoms with van der Waals surface area (Å²) in [6.07, 6.45) is 1.22. The highest BCUT2D eigenvalue weighted by molar-refractivity contribution is 7.90. The molecule has 110 valence electrons. The average Bonchev–Trinajstić information content (AvgIpc) is 2.38. The molecule has 0 heterocycles. The van der Waals surface area contributed by atoms with Crippen molar-refractivity contribution in [3.63, 3.8) is 0 Å². The SMILES string of the molecule is NC(N)=NCCCCC(=O)NS(=O)(=O)c1ccccc1. The molecular weight excluding hydrogens is 280 g/mol. The Morgan fingerprint density at radius 1 is 1.15 bits per heavy atom. The number of nitrogens with one attached hydrogen (secondary N) is 1. The van der Waals surface area contributed by atoms with Crippen LogP contribution in [0.1, 0.15) is 19.3 Å². The molecule has 1 amide bonds. The molecule has 0 bridgehead atoms. The van der Waals surface area contributed by atoms with Gasteiger partial charge in [0, 0.05) is 13.0 Å². The van der Waals surface area contributed by atoms with Crippen LogP contribution in [0.25, 0.3) is 0 Å². The van der Waals surface area contributed by atoms with E-state index in [4.69, 9.17) is 11.5 Å². The van der Waals surface area contributed by atoms with Crippen LogP contribution < -0.4 is 16.2 Å². The third-order valence-electron chi connectivity index (χ3n) is 2.41. The number of nitrogens with zero attached hydrogens (tertiary/aromatic N) is 1. The Hall–Kier alpha value is -2.09. The summed E-state index contributed by atoms with van der Waals surface area (Å²) in [6, 6.07) is 7.73. The molecule has 0 aliphatic carbocycles. The predicted octanol–water partition coefficient (Wildman–Crippen LogP) is -0.0648. The van der Waals surface area contributed by atoms with Crippen LogP contribution in [0.2, 0.25) is 0 Å². The zero-order valence-corrected chi connectivity index (χ0v) is 11.8. The Morgan fingerprint density at radius 2 is 1.80 bits per heavy atom. The number of aliphatic imine (C=N–C) groups is 1. The second-order valence-electron chi connectivity index (χ2n) is 4.11. The van der Waals surface area contributed by atoms with Crippen molar-refractivity contribution in [2.75, 3.05) is 6.54 Å². The van der Waals surface area contributed by atoms with Gasteiger partial charge in [-0.3, -0.25) is 9.79 Å². The third kappa shape index (κ3) is 5.70. The highest BCUT2D eigenvalue weighted by Crippen LogP contribution is 2.07. The number of benzene rings is 1. The maximum atomic E-state index is 11.8. The molecule has 0 saturated heterocycles. The Morgan fingerprint density at radius 3 is 2.40 bits per heavy atom. The number of carbonyl (C=O) groups excluding carboxylic acids is 1. The van der Waals surface area contributed by atoms with Gasteiger partial charge in [0.25, 0.3) is 10.0 Å². The zero-order valence-electron chi connectivity index (χ0n) is 11.0. The standard InChI is InChI=1S/C12H18N4O3S/c13-12(14)15-9-5-4-8-11(17)16-20(18,19)10-6-2-1-3-7-10/h1-3,6-7H,4-5,8-9H2,(H,16,17)(H4,13,14,15). The van der Waals surface area contributed by atoms with E-state index in [0.717, 1.165) is 0 Å². The molecule has 0 spiro atoms. The summed E-state index contributed by atoms with van der Waals surface area (Å²) in [4.78, 5) is 15.4. The molecule has 20 heavy (non-hydrogen) atoms. The van der Waals surface area contributed by atoms with Crippen LogP contribution in [-0.2, 0) is 14.8 Å². The molecule has 1 aromatic rings. The van der Waals surface area contributed by atoms with Crippen molar-refractivity contribution in [2.24, 2.45) is 16.5 Å². The van der Waals surface area contributed by atoms with Crippen LogP contribution in [0.4, 0.5) is 0 Å². The second-order valence-corrected chi connectivity index (χ2v) is 5.79. The minimum atomic E-state index is -3.78. The normalized spacial score (nSPS) is 10.8. The highest BCUT2D eigenvalue weighted by atomic mass is 32.2. The summed E-state index contributed by atoms with van der Waals surface area (Å²) in [5.74, 6) is -0.542. The van der Waals surface area contributed by atoms with E-state index >= 15 is 0 Å². The number of rotatable bonds is 7. The third-order valence-corrected chi connectivity index (χ3v) is 3.80. The lowest BCUT2D eigenvalue weighted by molar-refractivity contribution is -0.119. The lowest BCUT2D eigenvalue weighted by atomic mass is 10.2. The fourth-order valence-electron chi connectivity index (χ4n) is 1.46. The smallest absolute Gasteiger partial charge is 0.264 e. The minimum Gasteiger partial charge on any atom is -0.370 e. The van der Waals surface area contributed by atoms with E-state index in [-0.39, 0.29) is 17.3 Å². The quantitative estimate of drug-likeness (QED) is 0.369. The van der Waals surface area contributed by atoms with E-state index in [1.807, 2.05) is 4.72 Å². The summed E-state index contributed by atoms with van der Waals surface area (Å²) < 4.78 is 25.7. The predicted molar refractivity (Wildman–Crippen MR) is 76.3 cm³/mol. The molecular formula is C12H18N4O3S. The summed E-state index contributed by atoms with van der Waals surface area (Å²) in [6.45, 7) is 0.418. The maximum Gasteiger partial charge on any atom is 0.264 e. The monoisotopic (exact) mass is 298 g/mol. The first-order valence-electron chi connectivity index (χ1n) is 6.08. The van der Waals surface area contributed by atoms with Crippen molar-refractivity contribution in [3.05, 3.63) is 30.3 Å². The van der Waals surface area contributed by atoms with Gasteiger partial charge in [0.15, 0.2) is 5.96 Å². The molecule has 8 heteroatoms. The summed E-state index contributed by atoms with van der Waals surface area (Å²) in [7, 11) is -3.78. The van der Waals surface area contributed by atoms with Gasteiger partial charge in [0.05, 0.1) is 4.90 Å². The maximum absolute atomic E-state index is 11.8. The number of amides is 1. The molecule has 7 nitrogen and oxygen atoms in total. The van der Waals surface area contributed by atoms with Crippen LogP contribution in [0.15, 0.2) is 40.2 Å². The molecule has 0 radical (unpaired) electrons. The molecule has 0 aliphatic rings. The molecule has 0 atom stereocenters. The van der Waals surface area contributed by atoms with Gasteiger partial charge in [-0.05, 0) is 25.0 Å². The Balaban J connectivity index is 2.41. The fraction of sp³-hybridized carbons (Fsp3) is 0.333. The largest absolute Gasteiger partial charge is 0.370 e. The van der Waals surface area contributed by atoms with Gasteiger partial charge in [0.2, 0.25) is 5.91 Å². The van der Waals surface area contributed by atoms with Crippen LogP contribution in [0, 0.1) is 0 Å². The number of sulfonamides is 1. The van der Waals surface area contributed by atoms with E-state index in [2.05, 4.69) is 4.99 Å². The number of unbranched alkanes of at least 4 members (excludes halogenated alkanes) is 1. The van der Waals surface area contributed by atoms with Gasteiger partial charge in [-0.15, -0.1) is 0 Å². The van der Waals surface area contributed by atoms with Gasteiger partial charge in [-0.1, -0.05) is 18.2 Å². The van der Waals surface area contributed by atoms with Gasteiger partial charge >= 0.3 is 0 Å². The first-order chi connectivity index (χ1) is 9.42. The van der Waals surface area contributed by atoms with Crippen molar-refractivity contribution in [1.29, 1.82) is 0 Å². The second kappa shape index (κ2) is 7.49. The topological polar surface area (TPSA) is 128 Å². The van der Waals surface area contributed by atoms with Crippen LogP contribution >= 0.6 is 0 Å². The van der Waals surface area contributed by atoms with Crippen molar-refractivity contribution in [1.82, 2.24) is 4.72 Å². The summed E-state index contributed by atoms with van der Waals surface area (Å²) >= 11 is 0. The van der Waals surface area contributed by atoms with Crippen molar-refractivity contribution < 1.29 is 13.2 Å². The van der Waals surface area contributed by atoms with Crippen molar-refractivity contribution >= 4 is 21.9 Å². The number of carbonyl (C=O) groups is 1. The number of hydrogen-bond acceptors (Lipinski definition) is 4. The van der Waals surface area contributed by atoms with Gasteiger partial charge in [-0.2, -0.15) is 0 Å². The van der Waals surface area contributed by atoms with E-state index in [1.165, 1.54) is 12.1 Å². The van der Waals surface area contributed by atoms with Gasteiger partial charge in [-0.25, -0.2) is 13.1 Å². The van der Waals surface area contributed by atoms with Gasteiger partial charge in [0.1, 0.15) is 0 Å². The van der Waals surface area contributed by atoms with Crippen LogP contribution in [-0.4, -0.2) is 26.8 Å². The van der Waals surface area contributed by atoms with Crippen molar-refractivity contribution in [3.8, 4) is 0 Å². The lowest BCUT2D eigenvalue weighted by Crippen LogP contribution is -2.30. The fourth-order valence-corrected chi connectivity index (χ4v) is 2.50. The number of guanidine groups is 1. The van der Waals surface area contributed by atoms with Crippen LogP contribution in [0.3, 0.4) is 0 Å². The Kier molecular flexibility index (Phi) is 5.98. The molecule has 1 rings (SSSR count).